The highest BCUT2D eigenvalue weighted by Crippen LogP contribution is 2.29. The van der Waals surface area contributed by atoms with Gasteiger partial charge in [-0.15, -0.1) is 13.2 Å². The number of fused-ring (bicyclic) bond motifs is 1. The van der Waals surface area contributed by atoms with Crippen molar-refractivity contribution >= 4 is 22.6 Å². The smallest absolute Gasteiger partial charge is 0.406 e. The predicted octanol–water partition coefficient (Wildman–Crippen LogP) is 5.24. The lowest BCUT2D eigenvalue weighted by Crippen LogP contribution is -2.17. The molecule has 0 aliphatic carbocycles. The first-order valence-electron chi connectivity index (χ1n) is 7.48. The van der Waals surface area contributed by atoms with Crippen LogP contribution < -0.4 is 4.74 Å². The van der Waals surface area contributed by atoms with Crippen molar-refractivity contribution in [3.8, 4) is 5.75 Å². The van der Waals surface area contributed by atoms with Crippen LogP contribution in [0.5, 0.6) is 5.75 Å². The Bertz CT molecular complexity index is 862. The molecule has 0 saturated carbocycles. The molecule has 1 aromatic heterocycles. The first kappa shape index (κ1) is 17.6. The Morgan fingerprint density at radius 1 is 1.16 bits per heavy atom. The van der Waals surface area contributed by atoms with Gasteiger partial charge in [0.25, 0.3) is 0 Å². The lowest BCUT2D eigenvalue weighted by atomic mass is 10.1. The number of H-pyrrole nitrogens is 1. The van der Waals surface area contributed by atoms with Crippen LogP contribution in [0.1, 0.15) is 24.4 Å². The second-order valence-corrected chi connectivity index (χ2v) is 5.67. The Hall–Kier alpha value is -2.25. The van der Waals surface area contributed by atoms with E-state index in [1.54, 1.807) is 18.2 Å². The van der Waals surface area contributed by atoms with E-state index in [4.69, 9.17) is 16.3 Å². The van der Waals surface area contributed by atoms with Crippen LogP contribution in [0.4, 0.5) is 13.2 Å². The summed E-state index contributed by atoms with van der Waals surface area (Å²) in [6.07, 6.45) is -5.27. The SMILES string of the molecule is CCOC(c1ccc(OC(F)(F)F)cc1)c1nc2cc(Cl)ccc2[nH]1. The minimum absolute atomic E-state index is 0.289. The molecule has 1 heterocycles. The zero-order valence-corrected chi connectivity index (χ0v) is 13.9. The van der Waals surface area contributed by atoms with Gasteiger partial charge in [0, 0.05) is 11.6 Å². The van der Waals surface area contributed by atoms with Crippen LogP contribution in [0.2, 0.25) is 5.02 Å². The number of imidazole rings is 1. The molecule has 1 atom stereocenters. The Morgan fingerprint density at radius 2 is 1.88 bits per heavy atom. The molecule has 0 saturated heterocycles. The number of halogens is 4. The molecule has 2 aromatic carbocycles. The van der Waals surface area contributed by atoms with Gasteiger partial charge in [0.05, 0.1) is 11.0 Å². The van der Waals surface area contributed by atoms with Crippen molar-refractivity contribution in [3.05, 3.63) is 58.9 Å². The number of hydrogen-bond donors (Lipinski definition) is 1. The van der Waals surface area contributed by atoms with Crippen molar-refractivity contribution in [3.63, 3.8) is 0 Å². The summed E-state index contributed by atoms with van der Waals surface area (Å²) < 4.78 is 46.4. The Morgan fingerprint density at radius 3 is 2.52 bits per heavy atom. The van der Waals surface area contributed by atoms with E-state index in [1.807, 2.05) is 6.92 Å². The topological polar surface area (TPSA) is 47.1 Å². The van der Waals surface area contributed by atoms with Gasteiger partial charge in [-0.25, -0.2) is 4.98 Å². The first-order chi connectivity index (χ1) is 11.9. The fourth-order valence-electron chi connectivity index (χ4n) is 2.47. The molecular weight excluding hydrogens is 357 g/mol. The van der Waals surface area contributed by atoms with Crippen LogP contribution >= 0.6 is 11.6 Å². The van der Waals surface area contributed by atoms with Crippen molar-refractivity contribution < 1.29 is 22.6 Å². The lowest BCUT2D eigenvalue weighted by Gasteiger charge is -2.16. The maximum Gasteiger partial charge on any atom is 0.573 e. The van der Waals surface area contributed by atoms with Crippen LogP contribution in [0.15, 0.2) is 42.5 Å². The van der Waals surface area contributed by atoms with E-state index in [0.717, 1.165) is 5.52 Å². The van der Waals surface area contributed by atoms with Crippen LogP contribution in [0, 0.1) is 0 Å². The Balaban J connectivity index is 1.91. The fourth-order valence-corrected chi connectivity index (χ4v) is 2.63. The van der Waals surface area contributed by atoms with Crippen molar-refractivity contribution in [2.45, 2.75) is 19.4 Å². The Labute approximate surface area is 146 Å². The fraction of sp³-hybridized carbons (Fsp3) is 0.235. The van der Waals surface area contributed by atoms with Gasteiger partial charge in [-0.1, -0.05) is 23.7 Å². The summed E-state index contributed by atoms with van der Waals surface area (Å²) in [6, 6.07) is 10.8. The number of nitrogens with one attached hydrogen (secondary N) is 1. The second kappa shape index (κ2) is 6.93. The van der Waals surface area contributed by atoms with E-state index in [0.29, 0.717) is 28.5 Å². The van der Waals surface area contributed by atoms with Crippen LogP contribution in [0.3, 0.4) is 0 Å². The highest BCUT2D eigenvalue weighted by molar-refractivity contribution is 6.31. The molecule has 8 heteroatoms. The minimum Gasteiger partial charge on any atom is -0.406 e. The van der Waals surface area contributed by atoms with Gasteiger partial charge in [0.15, 0.2) is 0 Å². The molecule has 132 valence electrons. The number of ether oxygens (including phenoxy) is 2. The van der Waals surface area contributed by atoms with Gasteiger partial charge in [-0.3, -0.25) is 0 Å². The predicted molar refractivity (Wildman–Crippen MR) is 87.7 cm³/mol. The van der Waals surface area contributed by atoms with E-state index in [1.165, 1.54) is 24.3 Å². The molecule has 0 radical (unpaired) electrons. The van der Waals surface area contributed by atoms with E-state index >= 15 is 0 Å². The molecule has 1 N–H and O–H groups in total. The van der Waals surface area contributed by atoms with E-state index in [-0.39, 0.29) is 5.75 Å². The summed E-state index contributed by atoms with van der Waals surface area (Å²) in [6.45, 7) is 2.23. The normalized spacial score (nSPS) is 13.2. The molecule has 25 heavy (non-hydrogen) atoms. The summed E-state index contributed by atoms with van der Waals surface area (Å²) in [5, 5.41) is 0.562. The molecule has 0 aliphatic rings. The molecule has 0 aliphatic heterocycles. The third-order valence-electron chi connectivity index (χ3n) is 3.46. The molecule has 1 unspecified atom stereocenters. The first-order valence-corrected chi connectivity index (χ1v) is 7.86. The molecule has 0 fully saturated rings. The maximum absolute atomic E-state index is 12.3. The quantitative estimate of drug-likeness (QED) is 0.668. The number of hydrogen-bond acceptors (Lipinski definition) is 3. The van der Waals surface area contributed by atoms with Crippen molar-refractivity contribution in [2.24, 2.45) is 0 Å². The van der Waals surface area contributed by atoms with Gasteiger partial charge in [0.1, 0.15) is 17.7 Å². The molecule has 3 rings (SSSR count). The van der Waals surface area contributed by atoms with Crippen LogP contribution in [-0.4, -0.2) is 22.9 Å². The molecule has 0 spiro atoms. The Kier molecular flexibility index (Phi) is 4.87. The number of aromatic amines is 1. The third kappa shape index (κ3) is 4.24. The number of benzene rings is 2. The number of alkyl halides is 3. The largest absolute Gasteiger partial charge is 0.573 e. The lowest BCUT2D eigenvalue weighted by molar-refractivity contribution is -0.274. The summed E-state index contributed by atoms with van der Waals surface area (Å²) in [5.74, 6) is 0.256. The van der Waals surface area contributed by atoms with Gasteiger partial charge < -0.3 is 14.5 Å². The van der Waals surface area contributed by atoms with Crippen molar-refractivity contribution in [2.75, 3.05) is 6.61 Å². The van der Waals surface area contributed by atoms with Gasteiger partial charge in [0.2, 0.25) is 0 Å². The minimum atomic E-state index is -4.72. The number of rotatable bonds is 5. The zero-order valence-electron chi connectivity index (χ0n) is 13.1. The average molecular weight is 371 g/mol. The molecule has 0 bridgehead atoms. The molecule has 0 amide bonds. The monoisotopic (exact) mass is 370 g/mol. The highest BCUT2D eigenvalue weighted by atomic mass is 35.5. The van der Waals surface area contributed by atoms with Gasteiger partial charge in [-0.2, -0.15) is 0 Å². The zero-order chi connectivity index (χ0) is 18.0. The number of aromatic nitrogens is 2. The van der Waals surface area contributed by atoms with Crippen LogP contribution in [0.25, 0.3) is 11.0 Å². The summed E-state index contributed by atoms with van der Waals surface area (Å²) >= 11 is 5.96. The summed E-state index contributed by atoms with van der Waals surface area (Å²) in [5.41, 5.74) is 2.13. The second-order valence-electron chi connectivity index (χ2n) is 5.24. The molecule has 4 nitrogen and oxygen atoms in total. The number of nitrogens with zero attached hydrogens (tertiary/aromatic N) is 1. The van der Waals surface area contributed by atoms with E-state index in [2.05, 4.69) is 14.7 Å². The molecular formula is C17H14ClF3N2O2. The summed E-state index contributed by atoms with van der Waals surface area (Å²) in [7, 11) is 0. The summed E-state index contributed by atoms with van der Waals surface area (Å²) in [4.78, 5) is 7.63. The molecule has 3 aromatic rings. The third-order valence-corrected chi connectivity index (χ3v) is 3.70. The van der Waals surface area contributed by atoms with Gasteiger partial charge >= 0.3 is 6.36 Å². The van der Waals surface area contributed by atoms with E-state index < -0.39 is 12.5 Å². The average Bonchev–Trinajstić information content (AvgIpc) is 2.94. The standard InChI is InChI=1S/C17H14ClF3N2O2/c1-2-24-15(10-3-6-12(7-4-10)25-17(19,20)21)16-22-13-8-5-11(18)9-14(13)23-16/h3-9,15H,2H2,1H3,(H,22,23). The highest BCUT2D eigenvalue weighted by Gasteiger charge is 2.31. The van der Waals surface area contributed by atoms with Gasteiger partial charge in [-0.05, 0) is 42.8 Å². The van der Waals surface area contributed by atoms with Crippen molar-refractivity contribution in [1.82, 2.24) is 9.97 Å². The maximum atomic E-state index is 12.3. The van der Waals surface area contributed by atoms with Crippen molar-refractivity contribution in [1.29, 1.82) is 0 Å². The van der Waals surface area contributed by atoms with Crippen LogP contribution in [-0.2, 0) is 4.74 Å². The van der Waals surface area contributed by atoms with E-state index in [9.17, 15) is 13.2 Å².